The predicted molar refractivity (Wildman–Crippen MR) is 82.3 cm³/mol. The summed E-state index contributed by atoms with van der Waals surface area (Å²) in [7, 11) is 0. The number of unbranched alkanes of at least 4 members (excludes halogenated alkanes) is 1. The molecule has 1 atom stereocenters. The Hall–Kier alpha value is -1.79. The molecule has 3 heteroatoms. The Balaban J connectivity index is 2.78. The van der Waals surface area contributed by atoms with Crippen LogP contribution in [0.4, 0.5) is 5.69 Å². The molecule has 0 aromatic heterocycles. The number of nitrogens with one attached hydrogen (secondary N) is 1. The molecular formula is C17H23NO2. The van der Waals surface area contributed by atoms with Crippen molar-refractivity contribution in [1.29, 1.82) is 0 Å². The zero-order valence-corrected chi connectivity index (χ0v) is 12.3. The largest absolute Gasteiger partial charge is 0.384 e. The molecule has 0 spiro atoms. The zero-order chi connectivity index (χ0) is 14.8. The topological polar surface area (TPSA) is 49.3 Å². The van der Waals surface area contributed by atoms with Crippen molar-refractivity contribution in [3.05, 3.63) is 29.8 Å². The van der Waals surface area contributed by atoms with Gasteiger partial charge in [-0.05, 0) is 25.0 Å². The molecule has 0 aliphatic heterocycles. The Kier molecular flexibility index (Phi) is 7.46. The summed E-state index contributed by atoms with van der Waals surface area (Å²) in [6.07, 6.45) is 3.93. The first-order valence-corrected chi connectivity index (χ1v) is 7.22. The van der Waals surface area contributed by atoms with Crippen molar-refractivity contribution in [3.8, 4) is 11.8 Å². The highest BCUT2D eigenvalue weighted by atomic mass is 16.2. The second-order valence-electron chi connectivity index (χ2n) is 4.74. The number of hydrogen-bond donors (Lipinski definition) is 2. The fourth-order valence-corrected chi connectivity index (χ4v) is 2.04. The quantitative estimate of drug-likeness (QED) is 0.782. The maximum Gasteiger partial charge on any atom is 0.227 e. The van der Waals surface area contributed by atoms with Crippen molar-refractivity contribution in [2.24, 2.45) is 5.92 Å². The molecule has 108 valence electrons. The van der Waals surface area contributed by atoms with Gasteiger partial charge in [0.25, 0.3) is 0 Å². The number of amides is 1. The summed E-state index contributed by atoms with van der Waals surface area (Å²) in [5.74, 6) is 5.57. The van der Waals surface area contributed by atoms with E-state index < -0.39 is 0 Å². The Morgan fingerprint density at radius 1 is 1.35 bits per heavy atom. The molecule has 0 saturated heterocycles. The number of carbonyl (C=O) groups is 1. The van der Waals surface area contributed by atoms with Crippen molar-refractivity contribution in [3.63, 3.8) is 0 Å². The lowest BCUT2D eigenvalue weighted by Gasteiger charge is -2.15. The maximum atomic E-state index is 12.3. The van der Waals surface area contributed by atoms with E-state index in [1.54, 1.807) is 0 Å². The highest BCUT2D eigenvalue weighted by molar-refractivity contribution is 5.93. The highest BCUT2D eigenvalue weighted by Crippen LogP contribution is 2.18. The van der Waals surface area contributed by atoms with Crippen LogP contribution in [0.5, 0.6) is 0 Å². The lowest BCUT2D eigenvalue weighted by molar-refractivity contribution is -0.120. The van der Waals surface area contributed by atoms with Crippen molar-refractivity contribution in [2.45, 2.75) is 39.5 Å². The van der Waals surface area contributed by atoms with Crippen LogP contribution in [0, 0.1) is 17.8 Å². The van der Waals surface area contributed by atoms with Gasteiger partial charge in [0.05, 0.1) is 5.69 Å². The van der Waals surface area contributed by atoms with Crippen LogP contribution in [0.25, 0.3) is 0 Å². The second kappa shape index (κ2) is 9.17. The van der Waals surface area contributed by atoms with Crippen molar-refractivity contribution >= 4 is 11.6 Å². The summed E-state index contributed by atoms with van der Waals surface area (Å²) in [6.45, 7) is 3.98. The summed E-state index contributed by atoms with van der Waals surface area (Å²) in [6, 6.07) is 7.41. The molecule has 0 saturated carbocycles. The SMILES string of the molecule is CCCCC(CC)C(=O)Nc1ccccc1C#CCO. The molecule has 0 aliphatic rings. The molecule has 1 aromatic rings. The first-order valence-electron chi connectivity index (χ1n) is 7.22. The number of anilines is 1. The minimum absolute atomic E-state index is 0.0498. The Labute approximate surface area is 121 Å². The zero-order valence-electron chi connectivity index (χ0n) is 12.3. The average molecular weight is 273 g/mol. The molecule has 0 bridgehead atoms. The van der Waals surface area contributed by atoms with E-state index in [2.05, 4.69) is 24.1 Å². The van der Waals surface area contributed by atoms with Gasteiger partial charge in [0, 0.05) is 11.5 Å². The van der Waals surface area contributed by atoms with Crippen LogP contribution in [0.2, 0.25) is 0 Å². The van der Waals surface area contributed by atoms with Crippen LogP contribution >= 0.6 is 0 Å². The van der Waals surface area contributed by atoms with Gasteiger partial charge in [0.1, 0.15) is 6.61 Å². The van der Waals surface area contributed by atoms with E-state index in [-0.39, 0.29) is 18.4 Å². The molecule has 1 unspecified atom stereocenters. The van der Waals surface area contributed by atoms with Crippen LogP contribution in [0.1, 0.15) is 45.1 Å². The third kappa shape index (κ3) is 5.07. The van der Waals surface area contributed by atoms with Gasteiger partial charge < -0.3 is 10.4 Å². The lowest BCUT2D eigenvalue weighted by atomic mass is 9.98. The smallest absolute Gasteiger partial charge is 0.227 e. The monoisotopic (exact) mass is 273 g/mol. The molecular weight excluding hydrogens is 250 g/mol. The maximum absolute atomic E-state index is 12.3. The summed E-state index contributed by atoms with van der Waals surface area (Å²) in [5.41, 5.74) is 1.45. The van der Waals surface area contributed by atoms with E-state index in [1.807, 2.05) is 31.2 Å². The summed E-state index contributed by atoms with van der Waals surface area (Å²) < 4.78 is 0. The van der Waals surface area contributed by atoms with Crippen molar-refractivity contribution in [2.75, 3.05) is 11.9 Å². The van der Waals surface area contributed by atoms with Crippen molar-refractivity contribution < 1.29 is 9.90 Å². The van der Waals surface area contributed by atoms with Crippen LogP contribution < -0.4 is 5.32 Å². The number of para-hydroxylation sites is 1. The van der Waals surface area contributed by atoms with E-state index in [0.717, 1.165) is 31.2 Å². The summed E-state index contributed by atoms with van der Waals surface area (Å²) in [5, 5.41) is 11.7. The van der Waals surface area contributed by atoms with E-state index in [0.29, 0.717) is 5.69 Å². The molecule has 1 rings (SSSR count). The molecule has 2 N–H and O–H groups in total. The number of aliphatic hydroxyl groups is 1. The van der Waals surface area contributed by atoms with Crippen LogP contribution in [-0.4, -0.2) is 17.6 Å². The van der Waals surface area contributed by atoms with E-state index >= 15 is 0 Å². The Morgan fingerprint density at radius 3 is 2.75 bits per heavy atom. The van der Waals surface area contributed by atoms with Gasteiger partial charge in [-0.3, -0.25) is 4.79 Å². The van der Waals surface area contributed by atoms with Gasteiger partial charge in [-0.25, -0.2) is 0 Å². The van der Waals surface area contributed by atoms with Gasteiger partial charge in [0.15, 0.2) is 0 Å². The number of hydrogen-bond acceptors (Lipinski definition) is 2. The third-order valence-electron chi connectivity index (χ3n) is 3.26. The standard InChI is InChI=1S/C17H23NO2/c1-3-5-9-14(4-2)17(20)18-16-12-7-6-10-15(16)11-8-13-19/h6-7,10,12,14,19H,3-5,9,13H2,1-2H3,(H,18,20). The van der Waals surface area contributed by atoms with Gasteiger partial charge in [-0.1, -0.05) is 50.7 Å². The minimum Gasteiger partial charge on any atom is -0.384 e. The number of carbonyl (C=O) groups excluding carboxylic acids is 1. The number of aliphatic hydroxyl groups excluding tert-OH is 1. The molecule has 0 fully saturated rings. The number of benzene rings is 1. The first-order chi connectivity index (χ1) is 9.72. The molecule has 0 aliphatic carbocycles. The molecule has 1 aromatic carbocycles. The minimum atomic E-state index is -0.184. The van der Waals surface area contributed by atoms with Gasteiger partial charge in [-0.15, -0.1) is 0 Å². The second-order valence-corrected chi connectivity index (χ2v) is 4.74. The Morgan fingerprint density at radius 2 is 2.10 bits per heavy atom. The molecule has 20 heavy (non-hydrogen) atoms. The molecule has 1 amide bonds. The fraction of sp³-hybridized carbons (Fsp3) is 0.471. The summed E-state index contributed by atoms with van der Waals surface area (Å²) in [4.78, 5) is 12.3. The van der Waals surface area contributed by atoms with Gasteiger partial charge in [0.2, 0.25) is 5.91 Å². The van der Waals surface area contributed by atoms with Gasteiger partial charge in [-0.2, -0.15) is 0 Å². The summed E-state index contributed by atoms with van der Waals surface area (Å²) >= 11 is 0. The lowest BCUT2D eigenvalue weighted by Crippen LogP contribution is -2.22. The normalized spacial score (nSPS) is 11.3. The molecule has 3 nitrogen and oxygen atoms in total. The van der Waals surface area contributed by atoms with Gasteiger partial charge >= 0.3 is 0 Å². The van der Waals surface area contributed by atoms with E-state index in [9.17, 15) is 4.79 Å². The Bertz CT molecular complexity index is 485. The fourth-order valence-electron chi connectivity index (χ4n) is 2.04. The predicted octanol–water partition coefficient (Wildman–Crippen LogP) is 3.19. The van der Waals surface area contributed by atoms with Crippen molar-refractivity contribution in [1.82, 2.24) is 0 Å². The molecule has 0 heterocycles. The van der Waals surface area contributed by atoms with Crippen LogP contribution in [-0.2, 0) is 4.79 Å². The van der Waals surface area contributed by atoms with Crippen LogP contribution in [0.3, 0.4) is 0 Å². The van der Waals surface area contributed by atoms with Crippen LogP contribution in [0.15, 0.2) is 24.3 Å². The van der Waals surface area contributed by atoms with E-state index in [4.69, 9.17) is 5.11 Å². The van der Waals surface area contributed by atoms with E-state index in [1.165, 1.54) is 0 Å². The average Bonchev–Trinajstić information content (AvgIpc) is 2.47. The third-order valence-corrected chi connectivity index (χ3v) is 3.26. The first kappa shape index (κ1) is 16.3. The highest BCUT2D eigenvalue weighted by Gasteiger charge is 2.16. The number of rotatable bonds is 6. The molecule has 0 radical (unpaired) electrons.